The van der Waals surface area contributed by atoms with Crippen LogP contribution in [0.25, 0.3) is 10.8 Å². The van der Waals surface area contributed by atoms with Gasteiger partial charge in [-0.3, -0.25) is 14.6 Å². The fourth-order valence-electron chi connectivity index (χ4n) is 7.47. The summed E-state index contributed by atoms with van der Waals surface area (Å²) in [5.41, 5.74) is -0.625. The van der Waals surface area contributed by atoms with Crippen LogP contribution in [0.2, 0.25) is 0 Å². The number of nitrogens with one attached hydrogen (secondary N) is 1. The fraction of sp³-hybridized carbons (Fsp3) is 0.524. The number of allylic oxidation sites excluding steroid dienone is 2. The van der Waals surface area contributed by atoms with E-state index in [1.165, 1.54) is 53.4 Å². The third kappa shape index (κ3) is 9.74. The molecule has 16 nitrogen and oxygen atoms in total. The van der Waals surface area contributed by atoms with Gasteiger partial charge in [0.25, 0.3) is 5.91 Å². The van der Waals surface area contributed by atoms with Crippen LogP contribution < -0.4 is 10.1 Å². The zero-order chi connectivity index (χ0) is 43.2. The first-order valence-electron chi connectivity index (χ1n) is 19.2. The number of phenols is 3. The van der Waals surface area contributed by atoms with Crippen molar-refractivity contribution in [2.45, 2.75) is 72.9 Å². The highest BCUT2D eigenvalue weighted by molar-refractivity contribution is 6.20. The lowest BCUT2D eigenvalue weighted by atomic mass is 9.78. The molecule has 1 amide bonds. The number of nitrogens with zero attached hydrogens (tertiary/aromatic N) is 3. The molecule has 3 heterocycles. The second-order valence-corrected chi connectivity index (χ2v) is 15.2. The van der Waals surface area contributed by atoms with Crippen molar-refractivity contribution in [3.8, 4) is 23.0 Å². The topological polar surface area (TPSA) is 220 Å². The van der Waals surface area contributed by atoms with E-state index in [1.54, 1.807) is 44.9 Å². The largest absolute Gasteiger partial charge is 0.507 e. The summed E-state index contributed by atoms with van der Waals surface area (Å²) < 4.78 is 22.6. The van der Waals surface area contributed by atoms with Gasteiger partial charge in [0.05, 0.1) is 59.9 Å². The minimum atomic E-state index is -1.15. The fourth-order valence-corrected chi connectivity index (χ4v) is 7.47. The van der Waals surface area contributed by atoms with Gasteiger partial charge in [-0.25, -0.2) is 4.79 Å². The van der Waals surface area contributed by atoms with E-state index < -0.39 is 83.2 Å². The number of carbonyl (C=O) groups excluding carboxylic acids is 3. The Kier molecular flexibility index (Phi) is 15.3. The van der Waals surface area contributed by atoms with E-state index in [0.717, 1.165) is 6.26 Å². The normalized spacial score (nSPS) is 29.2. The number of aromatic hydroxyl groups is 3. The van der Waals surface area contributed by atoms with Gasteiger partial charge in [-0.05, 0) is 27.0 Å². The summed E-state index contributed by atoms with van der Waals surface area (Å²) in [4.78, 5) is 42.2. The van der Waals surface area contributed by atoms with Crippen molar-refractivity contribution in [3.63, 3.8) is 0 Å². The van der Waals surface area contributed by atoms with Gasteiger partial charge in [-0.15, -0.1) is 0 Å². The molecule has 16 heteroatoms. The number of carbonyl (C=O) groups is 3. The van der Waals surface area contributed by atoms with Gasteiger partial charge in [-0.2, -0.15) is 5.10 Å². The zero-order valence-corrected chi connectivity index (χ0v) is 34.8. The van der Waals surface area contributed by atoms with Crippen molar-refractivity contribution < 1.29 is 58.9 Å². The van der Waals surface area contributed by atoms with Crippen LogP contribution in [-0.4, -0.2) is 131 Å². The molecule has 0 aromatic heterocycles. The summed E-state index contributed by atoms with van der Waals surface area (Å²) in [5, 5.41) is 66.4. The molecule has 3 aliphatic heterocycles. The van der Waals surface area contributed by atoms with E-state index in [-0.39, 0.29) is 44.5 Å². The summed E-state index contributed by atoms with van der Waals surface area (Å²) in [6.45, 7) is 13.6. The highest BCUT2D eigenvalue weighted by Crippen LogP contribution is 2.52. The minimum Gasteiger partial charge on any atom is -0.507 e. The van der Waals surface area contributed by atoms with Crippen LogP contribution in [0.15, 0.2) is 41.2 Å². The first-order valence-corrected chi connectivity index (χ1v) is 19.2. The number of hydrogen-bond donors (Lipinski definition) is 6. The molecule has 1 saturated heterocycles. The molecule has 0 spiro atoms. The molecule has 5 rings (SSSR count). The number of likely N-dealkylation sites (N-methyl/N-ethyl adjacent to an activating group) is 1. The smallest absolute Gasteiger partial charge is 0.347 e. The molecule has 6 N–H and O–H groups in total. The maximum atomic E-state index is 14.1. The SMILES string of the molecule is COc1c(C)c(O)c2c(O)c3c(C=NN4CCN(C)CC4)c(O)c2c1C(=O)O/C=C\C(OC)C(C)C(OC(C)=O)C(C)C(O)C(C)C(O)C(C)/C=C\C=C(\C)C(=O)N3. The van der Waals surface area contributed by atoms with Crippen molar-refractivity contribution in [2.75, 3.05) is 52.8 Å². The Morgan fingerprint density at radius 3 is 2.17 bits per heavy atom. The molecular formula is C42H58N4O12. The lowest BCUT2D eigenvalue weighted by Gasteiger charge is -2.38. The van der Waals surface area contributed by atoms with Crippen LogP contribution in [-0.2, 0) is 23.8 Å². The molecule has 58 heavy (non-hydrogen) atoms. The van der Waals surface area contributed by atoms with Crippen LogP contribution in [0.4, 0.5) is 5.69 Å². The van der Waals surface area contributed by atoms with Crippen molar-refractivity contribution in [3.05, 3.63) is 52.8 Å². The van der Waals surface area contributed by atoms with Gasteiger partial charge in [0.1, 0.15) is 28.9 Å². The quantitative estimate of drug-likeness (QED) is 0.108. The standard InChI is InChI=1S/C42H58N4O12/c1-21-12-11-13-22(2)41(53)44-33-28(20-43-46-17-15-45(8)16-18-46)37(51)30-31(38(33)52)36(50)26(6)40(56-10)32(30)42(54)57-19-14-29(55-9)23(3)39(58-27(7)47)25(5)35(49)24(4)34(21)48/h11-14,19-21,23-25,29,34-35,39,48-52H,15-18H2,1-10H3,(H,44,53)/b12-11-,19-14-,22-13-,43-20?. The number of fused-ring (bicyclic) bond motifs is 15. The van der Waals surface area contributed by atoms with Crippen LogP contribution >= 0.6 is 0 Å². The van der Waals surface area contributed by atoms with Gasteiger partial charge < -0.3 is 54.7 Å². The molecule has 4 bridgehead atoms. The Labute approximate surface area is 339 Å². The number of benzene rings is 2. The van der Waals surface area contributed by atoms with Gasteiger partial charge in [0, 0.05) is 75.0 Å². The van der Waals surface area contributed by atoms with Crippen molar-refractivity contribution in [2.24, 2.45) is 28.8 Å². The van der Waals surface area contributed by atoms with E-state index in [0.29, 0.717) is 26.2 Å². The summed E-state index contributed by atoms with van der Waals surface area (Å²) in [6, 6.07) is 0. The average molecular weight is 811 g/mol. The number of methoxy groups -OCH3 is 2. The maximum Gasteiger partial charge on any atom is 0.347 e. The number of hydrogen-bond acceptors (Lipinski definition) is 15. The number of ether oxygens (including phenoxy) is 4. The second-order valence-electron chi connectivity index (χ2n) is 15.2. The van der Waals surface area contributed by atoms with Crippen LogP contribution in [0.5, 0.6) is 23.0 Å². The Morgan fingerprint density at radius 1 is 0.914 bits per heavy atom. The highest BCUT2D eigenvalue weighted by atomic mass is 16.5. The Hall–Kier alpha value is -5.16. The molecule has 0 aliphatic carbocycles. The number of anilines is 1. The molecular weight excluding hydrogens is 752 g/mol. The predicted molar refractivity (Wildman–Crippen MR) is 218 cm³/mol. The Bertz CT molecular complexity index is 1970. The van der Waals surface area contributed by atoms with E-state index in [2.05, 4.69) is 15.3 Å². The molecule has 3 aliphatic rings. The molecule has 1 fully saturated rings. The predicted octanol–water partition coefficient (Wildman–Crippen LogP) is 4.19. The third-order valence-electron chi connectivity index (χ3n) is 11.2. The summed E-state index contributed by atoms with van der Waals surface area (Å²) >= 11 is 0. The van der Waals surface area contributed by atoms with Gasteiger partial charge in [0.2, 0.25) is 0 Å². The molecule has 8 atom stereocenters. The molecule has 318 valence electrons. The number of aliphatic hydroxyl groups excluding tert-OH is 2. The number of amides is 1. The van der Waals surface area contributed by atoms with Crippen LogP contribution in [0, 0.1) is 30.6 Å². The molecule has 8 unspecified atom stereocenters. The summed E-state index contributed by atoms with van der Waals surface area (Å²) in [7, 11) is 4.64. The molecule has 2 aromatic carbocycles. The molecule has 0 saturated carbocycles. The number of aliphatic hydroxyl groups is 2. The monoisotopic (exact) mass is 810 g/mol. The van der Waals surface area contributed by atoms with Crippen molar-refractivity contribution in [1.29, 1.82) is 0 Å². The van der Waals surface area contributed by atoms with E-state index in [1.807, 2.05) is 7.05 Å². The van der Waals surface area contributed by atoms with Crippen molar-refractivity contribution in [1.82, 2.24) is 9.91 Å². The first kappa shape index (κ1) is 45.5. The van der Waals surface area contributed by atoms with Gasteiger partial charge in [0.15, 0.2) is 5.75 Å². The van der Waals surface area contributed by atoms with Gasteiger partial charge >= 0.3 is 11.9 Å². The number of hydrazone groups is 1. The third-order valence-corrected chi connectivity index (χ3v) is 11.2. The first-order chi connectivity index (χ1) is 27.4. The van der Waals surface area contributed by atoms with E-state index in [9.17, 15) is 39.9 Å². The summed E-state index contributed by atoms with van der Waals surface area (Å²) in [5.74, 6) is -6.86. The lowest BCUT2D eigenvalue weighted by Crippen LogP contribution is -2.46. The van der Waals surface area contributed by atoms with E-state index >= 15 is 0 Å². The number of piperazine rings is 1. The summed E-state index contributed by atoms with van der Waals surface area (Å²) in [6.07, 6.45) is 4.50. The molecule has 2 aromatic rings. The minimum absolute atomic E-state index is 0.0224. The van der Waals surface area contributed by atoms with Crippen LogP contribution in [0.1, 0.15) is 63.0 Å². The second kappa shape index (κ2) is 19.5. The van der Waals surface area contributed by atoms with Gasteiger partial charge in [-0.1, -0.05) is 45.9 Å². The lowest BCUT2D eigenvalue weighted by molar-refractivity contribution is -0.160. The maximum absolute atomic E-state index is 14.1. The van der Waals surface area contributed by atoms with Crippen molar-refractivity contribution >= 4 is 40.5 Å². The zero-order valence-electron chi connectivity index (χ0n) is 34.8. The van der Waals surface area contributed by atoms with E-state index in [4.69, 9.17) is 18.9 Å². The number of rotatable bonds is 5. The Morgan fingerprint density at radius 2 is 1.57 bits per heavy atom. The number of esters is 2. The number of phenolic OH excluding ortho intramolecular Hbond substituents is 3. The van der Waals surface area contributed by atoms with Crippen LogP contribution in [0.3, 0.4) is 0 Å². The Balaban J connectivity index is 1.99. The highest BCUT2D eigenvalue weighted by Gasteiger charge is 2.39. The molecule has 0 radical (unpaired) electrons. The average Bonchev–Trinajstić information content (AvgIpc) is 3.19.